The Kier molecular flexibility index (Phi) is 4.61. The summed E-state index contributed by atoms with van der Waals surface area (Å²) >= 11 is 0. The zero-order valence-corrected chi connectivity index (χ0v) is 12.8. The summed E-state index contributed by atoms with van der Waals surface area (Å²) in [7, 11) is 1.48. The third kappa shape index (κ3) is 3.34. The molecule has 0 aliphatic carbocycles. The Balaban J connectivity index is 2.27. The van der Waals surface area contributed by atoms with Gasteiger partial charge in [-0.25, -0.2) is 0 Å². The summed E-state index contributed by atoms with van der Waals surface area (Å²) < 4.78 is 5.17. The smallest absolute Gasteiger partial charge is 0.174 e. The van der Waals surface area contributed by atoms with E-state index in [-0.39, 0.29) is 23.5 Å². The van der Waals surface area contributed by atoms with E-state index in [1.807, 2.05) is 19.9 Å². The fourth-order valence-electron chi connectivity index (χ4n) is 2.25. The highest BCUT2D eigenvalue weighted by atomic mass is 16.5. The van der Waals surface area contributed by atoms with E-state index in [1.54, 1.807) is 24.3 Å². The number of carbonyl (C=O) groups excluding carboxylic acids is 2. The van der Waals surface area contributed by atoms with Crippen LogP contribution in [-0.2, 0) is 0 Å². The lowest BCUT2D eigenvalue weighted by Crippen LogP contribution is -2.10. The lowest BCUT2D eigenvalue weighted by Gasteiger charge is -2.09. The molecule has 114 valence electrons. The van der Waals surface area contributed by atoms with Crippen molar-refractivity contribution in [3.63, 3.8) is 0 Å². The average molecular weight is 298 g/mol. The Hall–Kier alpha value is -2.62. The summed E-state index contributed by atoms with van der Waals surface area (Å²) in [6, 6.07) is 9.99. The van der Waals surface area contributed by atoms with Crippen LogP contribution in [0.3, 0.4) is 0 Å². The second-order valence-corrected chi connectivity index (χ2v) is 5.25. The lowest BCUT2D eigenvalue weighted by atomic mass is 9.98. The fourth-order valence-corrected chi connectivity index (χ4v) is 2.25. The van der Waals surface area contributed by atoms with Crippen LogP contribution >= 0.6 is 0 Å². The predicted octanol–water partition coefficient (Wildman–Crippen LogP) is 3.47. The van der Waals surface area contributed by atoms with Crippen LogP contribution in [0.2, 0.25) is 0 Å². The van der Waals surface area contributed by atoms with Gasteiger partial charge >= 0.3 is 0 Å². The first-order valence-electron chi connectivity index (χ1n) is 6.93. The molecule has 1 N–H and O–H groups in total. The van der Waals surface area contributed by atoms with Gasteiger partial charge in [-0.2, -0.15) is 0 Å². The third-order valence-electron chi connectivity index (χ3n) is 3.43. The van der Waals surface area contributed by atoms with Crippen LogP contribution in [-0.4, -0.2) is 23.8 Å². The average Bonchev–Trinajstić information content (AvgIpc) is 2.49. The molecule has 0 radical (unpaired) electrons. The summed E-state index contributed by atoms with van der Waals surface area (Å²) in [5.74, 6) is -0.405. The van der Waals surface area contributed by atoms with Crippen molar-refractivity contribution >= 4 is 11.6 Å². The standard InChI is InChI=1S/C18H18O4/c1-11-4-6-15(19)13(8-11)16(20)10-17(21)14-9-12(2)5-7-18(14)22-3/h4-9,19H,10H2,1-3H3. The molecule has 2 aromatic carbocycles. The van der Waals surface area contributed by atoms with Crippen LogP contribution in [0.5, 0.6) is 11.5 Å². The maximum Gasteiger partial charge on any atom is 0.174 e. The summed E-state index contributed by atoms with van der Waals surface area (Å²) in [5.41, 5.74) is 2.31. The predicted molar refractivity (Wildman–Crippen MR) is 83.9 cm³/mol. The minimum atomic E-state index is -0.408. The molecule has 4 heteroatoms. The molecule has 0 unspecified atom stereocenters. The lowest BCUT2D eigenvalue weighted by molar-refractivity contribution is 0.0891. The molecule has 0 aliphatic rings. The molecule has 0 aromatic heterocycles. The van der Waals surface area contributed by atoms with E-state index in [0.717, 1.165) is 11.1 Å². The van der Waals surface area contributed by atoms with Gasteiger partial charge in [-0.15, -0.1) is 0 Å². The van der Waals surface area contributed by atoms with Crippen LogP contribution in [0, 0.1) is 13.8 Å². The van der Waals surface area contributed by atoms with Gasteiger partial charge in [0, 0.05) is 0 Å². The molecule has 2 rings (SSSR count). The van der Waals surface area contributed by atoms with E-state index >= 15 is 0 Å². The number of carbonyl (C=O) groups is 2. The fraction of sp³-hybridized carbons (Fsp3) is 0.222. The highest BCUT2D eigenvalue weighted by molar-refractivity contribution is 6.15. The van der Waals surface area contributed by atoms with Gasteiger partial charge in [0.15, 0.2) is 11.6 Å². The van der Waals surface area contributed by atoms with Gasteiger partial charge in [0.2, 0.25) is 0 Å². The van der Waals surface area contributed by atoms with Crippen molar-refractivity contribution in [3.8, 4) is 11.5 Å². The molecule has 0 atom stereocenters. The number of methoxy groups -OCH3 is 1. The van der Waals surface area contributed by atoms with Crippen LogP contribution < -0.4 is 4.74 Å². The number of rotatable bonds is 5. The minimum Gasteiger partial charge on any atom is -0.507 e. The Bertz CT molecular complexity index is 732. The second kappa shape index (κ2) is 6.43. The molecule has 0 saturated heterocycles. The van der Waals surface area contributed by atoms with E-state index in [4.69, 9.17) is 4.74 Å². The number of hydrogen-bond donors (Lipinski definition) is 1. The van der Waals surface area contributed by atoms with E-state index < -0.39 is 5.78 Å². The maximum absolute atomic E-state index is 12.4. The molecular weight excluding hydrogens is 280 g/mol. The molecule has 22 heavy (non-hydrogen) atoms. The number of phenols is 1. The SMILES string of the molecule is COc1ccc(C)cc1C(=O)CC(=O)c1cc(C)ccc1O. The highest BCUT2D eigenvalue weighted by Crippen LogP contribution is 2.24. The molecule has 0 bridgehead atoms. The monoisotopic (exact) mass is 298 g/mol. The minimum absolute atomic E-state index is 0.111. The molecule has 2 aromatic rings. The summed E-state index contributed by atoms with van der Waals surface area (Å²) in [6.07, 6.45) is -0.309. The van der Waals surface area contributed by atoms with Gasteiger partial charge in [-0.3, -0.25) is 9.59 Å². The molecular formula is C18H18O4. The number of aromatic hydroxyl groups is 1. The van der Waals surface area contributed by atoms with Gasteiger partial charge in [0.05, 0.1) is 24.7 Å². The van der Waals surface area contributed by atoms with Crippen molar-refractivity contribution in [2.24, 2.45) is 0 Å². The zero-order valence-electron chi connectivity index (χ0n) is 12.8. The second-order valence-electron chi connectivity index (χ2n) is 5.25. The number of aryl methyl sites for hydroxylation is 2. The molecule has 0 saturated carbocycles. The van der Waals surface area contributed by atoms with Gasteiger partial charge in [-0.05, 0) is 38.1 Å². The van der Waals surface area contributed by atoms with E-state index in [9.17, 15) is 14.7 Å². The van der Waals surface area contributed by atoms with Crippen molar-refractivity contribution in [2.75, 3.05) is 7.11 Å². The van der Waals surface area contributed by atoms with Crippen molar-refractivity contribution in [3.05, 3.63) is 58.7 Å². The van der Waals surface area contributed by atoms with Gasteiger partial charge < -0.3 is 9.84 Å². The van der Waals surface area contributed by atoms with Crippen molar-refractivity contribution in [2.45, 2.75) is 20.3 Å². The Labute approximate surface area is 129 Å². The van der Waals surface area contributed by atoms with Crippen LogP contribution in [0.15, 0.2) is 36.4 Å². The number of Topliss-reactive ketones (excluding diaryl/α,β-unsaturated/α-hetero) is 2. The van der Waals surface area contributed by atoms with Crippen LogP contribution in [0.1, 0.15) is 38.3 Å². The largest absolute Gasteiger partial charge is 0.507 e. The highest BCUT2D eigenvalue weighted by Gasteiger charge is 2.19. The third-order valence-corrected chi connectivity index (χ3v) is 3.43. The molecule has 0 fully saturated rings. The van der Waals surface area contributed by atoms with Crippen LogP contribution in [0.4, 0.5) is 0 Å². The molecule has 0 amide bonds. The summed E-state index contributed by atoms with van der Waals surface area (Å²) in [4.78, 5) is 24.6. The number of hydrogen-bond acceptors (Lipinski definition) is 4. The summed E-state index contributed by atoms with van der Waals surface area (Å²) in [6.45, 7) is 3.69. The van der Waals surface area contributed by atoms with Crippen LogP contribution in [0.25, 0.3) is 0 Å². The number of ether oxygens (including phenoxy) is 1. The first-order valence-corrected chi connectivity index (χ1v) is 6.93. The molecule has 0 heterocycles. The molecule has 0 spiro atoms. The van der Waals surface area contributed by atoms with E-state index in [0.29, 0.717) is 11.3 Å². The van der Waals surface area contributed by atoms with E-state index in [1.165, 1.54) is 13.2 Å². The molecule has 4 nitrogen and oxygen atoms in total. The molecule has 0 aliphatic heterocycles. The van der Waals surface area contributed by atoms with Gasteiger partial charge in [0.1, 0.15) is 11.5 Å². The van der Waals surface area contributed by atoms with Gasteiger partial charge in [-0.1, -0.05) is 23.3 Å². The normalized spacial score (nSPS) is 10.3. The number of benzene rings is 2. The summed E-state index contributed by atoms with van der Waals surface area (Å²) in [5, 5.41) is 9.78. The van der Waals surface area contributed by atoms with Crippen molar-refractivity contribution in [1.29, 1.82) is 0 Å². The first-order chi connectivity index (χ1) is 10.4. The topological polar surface area (TPSA) is 63.6 Å². The van der Waals surface area contributed by atoms with Crippen molar-refractivity contribution < 1.29 is 19.4 Å². The quantitative estimate of drug-likeness (QED) is 0.678. The Morgan fingerprint density at radius 3 is 2.14 bits per heavy atom. The zero-order chi connectivity index (χ0) is 16.3. The number of ketones is 2. The Morgan fingerprint density at radius 1 is 0.955 bits per heavy atom. The van der Waals surface area contributed by atoms with Gasteiger partial charge in [0.25, 0.3) is 0 Å². The van der Waals surface area contributed by atoms with E-state index in [2.05, 4.69) is 0 Å². The number of phenolic OH excluding ortho intramolecular Hbond substituents is 1. The van der Waals surface area contributed by atoms with Crippen molar-refractivity contribution in [1.82, 2.24) is 0 Å². The Morgan fingerprint density at radius 2 is 1.50 bits per heavy atom. The first kappa shape index (κ1) is 15.8. The maximum atomic E-state index is 12.4.